The molecule has 8 heteroatoms. The summed E-state index contributed by atoms with van der Waals surface area (Å²) >= 11 is 0. The molecule has 0 bridgehead atoms. The van der Waals surface area contributed by atoms with E-state index in [0.29, 0.717) is 26.2 Å². The number of aromatic nitrogens is 2. The summed E-state index contributed by atoms with van der Waals surface area (Å²) in [5, 5.41) is 6.21. The Labute approximate surface area is 112 Å². The van der Waals surface area contributed by atoms with Crippen LogP contribution in [0.2, 0.25) is 0 Å². The summed E-state index contributed by atoms with van der Waals surface area (Å²) in [5.74, 6) is 0.00866. The van der Waals surface area contributed by atoms with Crippen molar-refractivity contribution in [3.8, 4) is 0 Å². The number of piperazine rings is 1. The Morgan fingerprint density at radius 2 is 1.95 bits per heavy atom. The van der Waals surface area contributed by atoms with Gasteiger partial charge in [0, 0.05) is 32.1 Å². The van der Waals surface area contributed by atoms with Crippen LogP contribution in [0.5, 0.6) is 0 Å². The minimum atomic E-state index is -3.51. The van der Waals surface area contributed by atoms with E-state index in [1.54, 1.807) is 4.90 Å². The fourth-order valence-corrected chi connectivity index (χ4v) is 3.36. The molecule has 0 spiro atoms. The first-order chi connectivity index (χ1) is 8.93. The summed E-state index contributed by atoms with van der Waals surface area (Å²) in [7, 11) is -3.51. The summed E-state index contributed by atoms with van der Waals surface area (Å²) in [6, 6.07) is 1.43. The Hall–Kier alpha value is -1.41. The van der Waals surface area contributed by atoms with Crippen LogP contribution in [0.1, 0.15) is 13.8 Å². The van der Waals surface area contributed by atoms with Crippen LogP contribution < -0.4 is 0 Å². The second-order valence-electron chi connectivity index (χ2n) is 4.80. The lowest BCUT2D eigenvalue weighted by atomic mass is 10.2. The molecule has 1 aliphatic rings. The van der Waals surface area contributed by atoms with Gasteiger partial charge in [-0.2, -0.15) is 9.40 Å². The summed E-state index contributed by atoms with van der Waals surface area (Å²) < 4.78 is 25.8. The molecule has 0 radical (unpaired) electrons. The third kappa shape index (κ3) is 2.79. The zero-order valence-corrected chi connectivity index (χ0v) is 11.9. The standard InChI is InChI=1S/C11H18N4O3S/c1-9(2)11(16)14-5-7-15(8-6-14)19(17,18)10-3-4-12-13-10/h3-4,9H,5-8H2,1-2H3,(H,12,13). The number of hydrogen-bond donors (Lipinski definition) is 1. The molecule has 7 nitrogen and oxygen atoms in total. The van der Waals surface area contributed by atoms with Crippen molar-refractivity contribution in [2.75, 3.05) is 26.2 Å². The normalized spacial score (nSPS) is 17.9. The van der Waals surface area contributed by atoms with Crippen molar-refractivity contribution >= 4 is 15.9 Å². The van der Waals surface area contributed by atoms with Crippen molar-refractivity contribution in [2.24, 2.45) is 5.92 Å². The maximum Gasteiger partial charge on any atom is 0.260 e. The molecule has 1 aromatic rings. The van der Waals surface area contributed by atoms with Gasteiger partial charge in [-0.1, -0.05) is 13.8 Å². The molecule has 2 heterocycles. The van der Waals surface area contributed by atoms with E-state index in [1.807, 2.05) is 13.8 Å². The zero-order valence-electron chi connectivity index (χ0n) is 11.0. The highest BCUT2D eigenvalue weighted by Crippen LogP contribution is 2.15. The average Bonchev–Trinajstić information content (AvgIpc) is 2.92. The van der Waals surface area contributed by atoms with Gasteiger partial charge in [-0.25, -0.2) is 8.42 Å². The van der Waals surface area contributed by atoms with Crippen LogP contribution >= 0.6 is 0 Å². The smallest absolute Gasteiger partial charge is 0.260 e. The topological polar surface area (TPSA) is 86.4 Å². The van der Waals surface area contributed by atoms with E-state index in [2.05, 4.69) is 10.2 Å². The van der Waals surface area contributed by atoms with Crippen molar-refractivity contribution in [1.82, 2.24) is 19.4 Å². The first-order valence-electron chi connectivity index (χ1n) is 6.21. The summed E-state index contributed by atoms with van der Waals surface area (Å²) in [6.07, 6.45) is 1.41. The summed E-state index contributed by atoms with van der Waals surface area (Å²) in [4.78, 5) is 13.5. The van der Waals surface area contributed by atoms with Gasteiger partial charge in [0.1, 0.15) is 0 Å². The van der Waals surface area contributed by atoms with Gasteiger partial charge >= 0.3 is 0 Å². The highest BCUT2D eigenvalue weighted by atomic mass is 32.2. The number of nitrogens with zero attached hydrogens (tertiary/aromatic N) is 3. The first-order valence-corrected chi connectivity index (χ1v) is 7.65. The van der Waals surface area contributed by atoms with E-state index in [4.69, 9.17) is 0 Å². The first kappa shape index (κ1) is 14.0. The molecular formula is C11H18N4O3S. The van der Waals surface area contributed by atoms with Gasteiger partial charge in [0.05, 0.1) is 6.20 Å². The average molecular weight is 286 g/mol. The molecule has 1 saturated heterocycles. The molecule has 0 unspecified atom stereocenters. The molecule has 2 rings (SSSR count). The van der Waals surface area contributed by atoms with Crippen molar-refractivity contribution in [2.45, 2.75) is 18.9 Å². The fourth-order valence-electron chi connectivity index (χ4n) is 2.04. The third-order valence-electron chi connectivity index (χ3n) is 3.14. The SMILES string of the molecule is CC(C)C(=O)N1CCN(S(=O)(=O)c2ccn[nH]2)CC1. The molecular weight excluding hydrogens is 268 g/mol. The molecule has 106 valence electrons. The van der Waals surface area contributed by atoms with E-state index in [0.717, 1.165) is 0 Å². The zero-order chi connectivity index (χ0) is 14.0. The van der Waals surface area contributed by atoms with Crippen LogP contribution in [0.3, 0.4) is 0 Å². The molecule has 0 saturated carbocycles. The predicted octanol–water partition coefficient (Wildman–Crippen LogP) is -0.101. The van der Waals surface area contributed by atoms with Crippen LogP contribution in [0.15, 0.2) is 17.3 Å². The Balaban J connectivity index is 2.03. The Kier molecular flexibility index (Phi) is 3.91. The highest BCUT2D eigenvalue weighted by molar-refractivity contribution is 7.89. The quantitative estimate of drug-likeness (QED) is 0.840. The van der Waals surface area contributed by atoms with Gasteiger partial charge in [-0.05, 0) is 6.07 Å². The minimum Gasteiger partial charge on any atom is -0.340 e. The Morgan fingerprint density at radius 1 is 1.32 bits per heavy atom. The number of carbonyl (C=O) groups excluding carboxylic acids is 1. The Morgan fingerprint density at radius 3 is 2.42 bits per heavy atom. The van der Waals surface area contributed by atoms with E-state index in [9.17, 15) is 13.2 Å². The number of aromatic amines is 1. The van der Waals surface area contributed by atoms with E-state index in [1.165, 1.54) is 16.6 Å². The van der Waals surface area contributed by atoms with Crippen molar-refractivity contribution in [3.63, 3.8) is 0 Å². The second kappa shape index (κ2) is 5.30. The minimum absolute atomic E-state index is 0.0595. The van der Waals surface area contributed by atoms with Crippen molar-refractivity contribution < 1.29 is 13.2 Å². The van der Waals surface area contributed by atoms with Crippen LogP contribution in [-0.4, -0.2) is 59.9 Å². The number of amides is 1. The van der Waals surface area contributed by atoms with Gasteiger partial charge in [-0.15, -0.1) is 0 Å². The molecule has 0 aromatic carbocycles. The van der Waals surface area contributed by atoms with Crippen LogP contribution in [-0.2, 0) is 14.8 Å². The molecule has 0 aliphatic carbocycles. The fraction of sp³-hybridized carbons (Fsp3) is 0.636. The number of H-pyrrole nitrogens is 1. The second-order valence-corrected chi connectivity index (χ2v) is 6.71. The van der Waals surface area contributed by atoms with Crippen LogP contribution in [0.4, 0.5) is 0 Å². The lowest BCUT2D eigenvalue weighted by Crippen LogP contribution is -2.51. The number of hydrogen-bond acceptors (Lipinski definition) is 4. The van der Waals surface area contributed by atoms with Gasteiger partial charge in [0.25, 0.3) is 10.0 Å². The Bertz CT molecular complexity index is 530. The van der Waals surface area contributed by atoms with Crippen molar-refractivity contribution in [1.29, 1.82) is 0 Å². The maximum absolute atomic E-state index is 12.2. The summed E-state index contributed by atoms with van der Waals surface area (Å²) in [5.41, 5.74) is 0. The lowest BCUT2D eigenvalue weighted by molar-refractivity contribution is -0.135. The van der Waals surface area contributed by atoms with E-state index >= 15 is 0 Å². The van der Waals surface area contributed by atoms with Gasteiger partial charge < -0.3 is 4.90 Å². The molecule has 1 N–H and O–H groups in total. The lowest BCUT2D eigenvalue weighted by Gasteiger charge is -2.34. The largest absolute Gasteiger partial charge is 0.340 e. The number of sulfonamides is 1. The molecule has 1 amide bonds. The third-order valence-corrected chi connectivity index (χ3v) is 4.97. The van der Waals surface area contributed by atoms with Gasteiger partial charge in [0.15, 0.2) is 5.03 Å². The molecule has 19 heavy (non-hydrogen) atoms. The number of nitrogens with one attached hydrogen (secondary N) is 1. The van der Waals surface area contributed by atoms with Crippen LogP contribution in [0.25, 0.3) is 0 Å². The monoisotopic (exact) mass is 286 g/mol. The molecule has 1 aliphatic heterocycles. The van der Waals surface area contributed by atoms with Gasteiger partial charge in [-0.3, -0.25) is 9.89 Å². The molecule has 0 atom stereocenters. The molecule has 1 aromatic heterocycles. The number of rotatable bonds is 3. The van der Waals surface area contributed by atoms with Crippen LogP contribution in [0, 0.1) is 5.92 Å². The summed E-state index contributed by atoms with van der Waals surface area (Å²) in [6.45, 7) is 5.19. The van der Waals surface area contributed by atoms with Crippen molar-refractivity contribution in [3.05, 3.63) is 12.3 Å². The van der Waals surface area contributed by atoms with E-state index in [-0.39, 0.29) is 16.9 Å². The predicted molar refractivity (Wildman–Crippen MR) is 68.8 cm³/mol. The highest BCUT2D eigenvalue weighted by Gasteiger charge is 2.31. The number of carbonyl (C=O) groups is 1. The molecule has 1 fully saturated rings. The van der Waals surface area contributed by atoms with Gasteiger partial charge in [0.2, 0.25) is 5.91 Å². The maximum atomic E-state index is 12.2. The van der Waals surface area contributed by atoms with E-state index < -0.39 is 10.0 Å².